The van der Waals surface area contributed by atoms with Crippen LogP contribution in [-0.4, -0.2) is 39.4 Å². The summed E-state index contributed by atoms with van der Waals surface area (Å²) in [7, 11) is 0. The molecular formula is C12H18N4OS. The highest BCUT2D eigenvalue weighted by Gasteiger charge is 2.32. The molecule has 6 heteroatoms. The molecule has 98 valence electrons. The Morgan fingerprint density at radius 1 is 1.33 bits per heavy atom. The molecule has 5 nitrogen and oxygen atoms in total. The smallest absolute Gasteiger partial charge is 0.228 e. The first-order chi connectivity index (χ1) is 8.75. The lowest BCUT2D eigenvalue weighted by Crippen LogP contribution is -2.22. The average molecular weight is 266 g/mol. The Bertz CT molecular complexity index is 449. The van der Waals surface area contributed by atoms with Crippen molar-refractivity contribution in [1.29, 1.82) is 0 Å². The van der Waals surface area contributed by atoms with Gasteiger partial charge in [0.05, 0.1) is 5.75 Å². The van der Waals surface area contributed by atoms with Gasteiger partial charge in [-0.05, 0) is 32.6 Å². The molecule has 1 aromatic heterocycles. The summed E-state index contributed by atoms with van der Waals surface area (Å²) in [4.78, 5) is 13.4. The third-order valence-corrected chi connectivity index (χ3v) is 4.44. The quantitative estimate of drug-likeness (QED) is 0.762. The van der Waals surface area contributed by atoms with Gasteiger partial charge in [-0.15, -0.1) is 10.2 Å². The van der Waals surface area contributed by atoms with Crippen molar-refractivity contribution < 1.29 is 4.79 Å². The van der Waals surface area contributed by atoms with Crippen molar-refractivity contribution >= 4 is 23.5 Å². The van der Waals surface area contributed by atoms with Crippen LogP contribution in [0.1, 0.15) is 38.6 Å². The summed E-state index contributed by atoms with van der Waals surface area (Å²) in [6.45, 7) is 3.79. The first-order valence-electron chi connectivity index (χ1n) is 6.58. The SMILES string of the molecule is CC(=O)CSc1nnc(N2CCCC2)n1C1CC1. The Hall–Kier alpha value is -1.04. The van der Waals surface area contributed by atoms with Gasteiger partial charge in [0.15, 0.2) is 5.16 Å². The van der Waals surface area contributed by atoms with Crippen LogP contribution >= 0.6 is 11.8 Å². The lowest BCUT2D eigenvalue weighted by atomic mass is 10.4. The minimum Gasteiger partial charge on any atom is -0.341 e. The van der Waals surface area contributed by atoms with E-state index in [9.17, 15) is 4.79 Å². The van der Waals surface area contributed by atoms with Crippen molar-refractivity contribution in [1.82, 2.24) is 14.8 Å². The predicted molar refractivity (Wildman–Crippen MR) is 71.1 cm³/mol. The molecule has 1 aliphatic heterocycles. The summed E-state index contributed by atoms with van der Waals surface area (Å²) in [6, 6.07) is 0.560. The van der Waals surface area contributed by atoms with E-state index in [1.807, 2.05) is 0 Å². The highest BCUT2D eigenvalue weighted by molar-refractivity contribution is 7.99. The molecule has 1 aromatic rings. The van der Waals surface area contributed by atoms with Crippen LogP contribution in [0.5, 0.6) is 0 Å². The van der Waals surface area contributed by atoms with Crippen LogP contribution in [0.3, 0.4) is 0 Å². The standard InChI is InChI=1S/C12H18N4OS/c1-9(17)8-18-12-14-13-11(15-6-2-3-7-15)16(12)10-4-5-10/h10H,2-8H2,1H3. The molecule has 0 bridgehead atoms. The number of hydrogen-bond acceptors (Lipinski definition) is 5. The third-order valence-electron chi connectivity index (χ3n) is 3.35. The molecular weight excluding hydrogens is 248 g/mol. The molecule has 0 amide bonds. The second-order valence-electron chi connectivity index (χ2n) is 5.07. The van der Waals surface area contributed by atoms with Gasteiger partial charge in [-0.25, -0.2) is 0 Å². The third kappa shape index (κ3) is 2.39. The molecule has 1 aliphatic carbocycles. The van der Waals surface area contributed by atoms with E-state index in [4.69, 9.17) is 0 Å². The summed E-state index contributed by atoms with van der Waals surface area (Å²) in [6.07, 6.45) is 4.92. The van der Waals surface area contributed by atoms with Crippen LogP contribution in [0.4, 0.5) is 5.95 Å². The number of carbonyl (C=O) groups excluding carboxylic acids is 1. The highest BCUT2D eigenvalue weighted by Crippen LogP contribution is 2.41. The van der Waals surface area contributed by atoms with Gasteiger partial charge in [0.25, 0.3) is 0 Å². The number of ketones is 1. The van der Waals surface area contributed by atoms with Crippen LogP contribution in [-0.2, 0) is 4.79 Å². The Kier molecular flexibility index (Phi) is 3.28. The second kappa shape index (κ2) is 4.91. The average Bonchev–Trinajstić information content (AvgIpc) is 2.90. The molecule has 3 rings (SSSR count). The Morgan fingerprint density at radius 2 is 2.06 bits per heavy atom. The van der Waals surface area contributed by atoms with Gasteiger partial charge in [0.2, 0.25) is 5.95 Å². The Balaban J connectivity index is 1.82. The lowest BCUT2D eigenvalue weighted by Gasteiger charge is -2.17. The molecule has 0 unspecified atom stereocenters. The first kappa shape index (κ1) is 12.0. The molecule has 0 aromatic carbocycles. The van der Waals surface area contributed by atoms with E-state index >= 15 is 0 Å². The number of carbonyl (C=O) groups is 1. The summed E-state index contributed by atoms with van der Waals surface area (Å²) < 4.78 is 2.25. The number of rotatable bonds is 5. The molecule has 1 saturated carbocycles. The summed E-state index contributed by atoms with van der Waals surface area (Å²) in [5.74, 6) is 1.69. The van der Waals surface area contributed by atoms with Crippen LogP contribution in [0.15, 0.2) is 5.16 Å². The molecule has 0 spiro atoms. The van der Waals surface area contributed by atoms with Crippen molar-refractivity contribution in [3.05, 3.63) is 0 Å². The monoisotopic (exact) mass is 266 g/mol. The van der Waals surface area contributed by atoms with E-state index < -0.39 is 0 Å². The molecule has 2 heterocycles. The summed E-state index contributed by atoms with van der Waals surface area (Å²) in [5.41, 5.74) is 0. The minimum atomic E-state index is 0.188. The van der Waals surface area contributed by atoms with Crippen molar-refractivity contribution in [2.75, 3.05) is 23.7 Å². The number of thioether (sulfide) groups is 1. The lowest BCUT2D eigenvalue weighted by molar-refractivity contribution is -0.114. The molecule has 0 N–H and O–H groups in total. The van der Waals surface area contributed by atoms with E-state index in [0.29, 0.717) is 11.8 Å². The molecule has 2 fully saturated rings. The zero-order valence-electron chi connectivity index (χ0n) is 10.6. The van der Waals surface area contributed by atoms with Gasteiger partial charge in [0, 0.05) is 19.1 Å². The fourth-order valence-electron chi connectivity index (χ4n) is 2.32. The topological polar surface area (TPSA) is 51.0 Å². The second-order valence-corrected chi connectivity index (χ2v) is 6.01. The number of aromatic nitrogens is 3. The largest absolute Gasteiger partial charge is 0.341 e. The van der Waals surface area contributed by atoms with Crippen molar-refractivity contribution in [3.8, 4) is 0 Å². The van der Waals surface area contributed by atoms with Gasteiger partial charge in [-0.1, -0.05) is 11.8 Å². The highest BCUT2D eigenvalue weighted by atomic mass is 32.2. The molecule has 0 atom stereocenters. The van der Waals surface area contributed by atoms with Crippen LogP contribution in [0.2, 0.25) is 0 Å². The number of Topliss-reactive ketones (excluding diaryl/α,β-unsaturated/α-hetero) is 1. The molecule has 0 radical (unpaired) electrons. The van der Waals surface area contributed by atoms with Crippen LogP contribution < -0.4 is 4.90 Å². The zero-order valence-corrected chi connectivity index (χ0v) is 11.4. The summed E-state index contributed by atoms with van der Waals surface area (Å²) >= 11 is 1.52. The molecule has 18 heavy (non-hydrogen) atoms. The van der Waals surface area contributed by atoms with E-state index in [-0.39, 0.29) is 5.78 Å². The summed E-state index contributed by atoms with van der Waals surface area (Å²) in [5, 5.41) is 9.53. The maximum Gasteiger partial charge on any atom is 0.228 e. The number of nitrogens with zero attached hydrogens (tertiary/aromatic N) is 4. The fourth-order valence-corrected chi connectivity index (χ4v) is 3.12. The van der Waals surface area contributed by atoms with E-state index in [1.54, 1.807) is 6.92 Å². The molecule has 1 saturated heterocycles. The van der Waals surface area contributed by atoms with Crippen molar-refractivity contribution in [2.24, 2.45) is 0 Å². The van der Waals surface area contributed by atoms with E-state index in [2.05, 4.69) is 19.7 Å². The zero-order chi connectivity index (χ0) is 12.5. The maximum absolute atomic E-state index is 11.1. The van der Waals surface area contributed by atoms with Gasteiger partial charge < -0.3 is 4.90 Å². The van der Waals surface area contributed by atoms with Crippen LogP contribution in [0.25, 0.3) is 0 Å². The van der Waals surface area contributed by atoms with Gasteiger partial charge in [-0.3, -0.25) is 9.36 Å². The Morgan fingerprint density at radius 3 is 2.67 bits per heavy atom. The van der Waals surface area contributed by atoms with E-state index in [0.717, 1.165) is 24.2 Å². The van der Waals surface area contributed by atoms with Gasteiger partial charge >= 0.3 is 0 Å². The molecule has 2 aliphatic rings. The maximum atomic E-state index is 11.1. The predicted octanol–water partition coefficient (Wildman–Crippen LogP) is 1.89. The van der Waals surface area contributed by atoms with E-state index in [1.165, 1.54) is 37.4 Å². The van der Waals surface area contributed by atoms with Gasteiger partial charge in [0.1, 0.15) is 5.78 Å². The van der Waals surface area contributed by atoms with Crippen molar-refractivity contribution in [3.63, 3.8) is 0 Å². The normalized spacial score (nSPS) is 19.5. The van der Waals surface area contributed by atoms with Gasteiger partial charge in [-0.2, -0.15) is 0 Å². The number of anilines is 1. The number of hydrogen-bond donors (Lipinski definition) is 0. The fraction of sp³-hybridized carbons (Fsp3) is 0.750. The van der Waals surface area contributed by atoms with Crippen molar-refractivity contribution in [2.45, 2.75) is 43.8 Å². The Labute approximate surface area is 111 Å². The minimum absolute atomic E-state index is 0.188. The van der Waals surface area contributed by atoms with Crippen LogP contribution in [0, 0.1) is 0 Å². The first-order valence-corrected chi connectivity index (χ1v) is 7.56.